The first-order valence-corrected chi connectivity index (χ1v) is 5.76. The molecule has 18 heavy (non-hydrogen) atoms. The van der Waals surface area contributed by atoms with E-state index in [1.807, 2.05) is 0 Å². The number of rotatable bonds is 2. The van der Waals surface area contributed by atoms with Gasteiger partial charge in [0, 0.05) is 18.2 Å². The van der Waals surface area contributed by atoms with Crippen LogP contribution < -0.4 is 5.73 Å². The predicted octanol–water partition coefficient (Wildman–Crippen LogP) is 0.847. The molecular weight excluding hydrogens is 232 g/mol. The van der Waals surface area contributed by atoms with Crippen LogP contribution in [0, 0.1) is 0 Å². The Bertz CT molecular complexity index is 412. The summed E-state index contributed by atoms with van der Waals surface area (Å²) >= 11 is 0. The molecule has 98 valence electrons. The Morgan fingerprint density at radius 2 is 2.17 bits per heavy atom. The van der Waals surface area contributed by atoms with Gasteiger partial charge in [-0.15, -0.1) is 0 Å². The van der Waals surface area contributed by atoms with Gasteiger partial charge in [0.25, 0.3) is 0 Å². The quantitative estimate of drug-likeness (QED) is 0.760. The van der Waals surface area contributed by atoms with Gasteiger partial charge in [-0.2, -0.15) is 0 Å². The molecule has 0 amide bonds. The lowest BCUT2D eigenvalue weighted by atomic mass is 10.1. The van der Waals surface area contributed by atoms with Crippen LogP contribution in [0.15, 0.2) is 24.3 Å². The van der Waals surface area contributed by atoms with Gasteiger partial charge in [-0.1, -0.05) is 18.2 Å². The molecule has 1 heterocycles. The fourth-order valence-corrected chi connectivity index (χ4v) is 1.76. The molecule has 1 saturated heterocycles. The van der Waals surface area contributed by atoms with E-state index in [4.69, 9.17) is 10.8 Å². The SMILES string of the molecule is CN1CCC(N)C1.O=Cc1ccccc1C(=O)O. The zero-order valence-electron chi connectivity index (χ0n) is 10.4. The van der Waals surface area contributed by atoms with Crippen LogP contribution in [0.5, 0.6) is 0 Å². The molecule has 0 spiro atoms. The van der Waals surface area contributed by atoms with Gasteiger partial charge in [0.2, 0.25) is 0 Å². The third-order valence-corrected chi connectivity index (χ3v) is 2.75. The smallest absolute Gasteiger partial charge is 0.336 e. The van der Waals surface area contributed by atoms with E-state index >= 15 is 0 Å². The number of carbonyl (C=O) groups excluding carboxylic acids is 1. The molecule has 0 aromatic heterocycles. The molecule has 0 aliphatic carbocycles. The number of aromatic carboxylic acids is 1. The molecule has 1 aromatic rings. The molecule has 5 heteroatoms. The summed E-state index contributed by atoms with van der Waals surface area (Å²) in [5.41, 5.74) is 5.84. The van der Waals surface area contributed by atoms with Crippen molar-refractivity contribution >= 4 is 12.3 Å². The van der Waals surface area contributed by atoms with E-state index in [1.165, 1.54) is 25.1 Å². The monoisotopic (exact) mass is 250 g/mol. The Hall–Kier alpha value is -1.72. The van der Waals surface area contributed by atoms with Crippen molar-refractivity contribution in [2.75, 3.05) is 20.1 Å². The number of aldehydes is 1. The van der Waals surface area contributed by atoms with E-state index in [9.17, 15) is 9.59 Å². The third kappa shape index (κ3) is 4.27. The van der Waals surface area contributed by atoms with Crippen molar-refractivity contribution in [3.05, 3.63) is 35.4 Å². The number of nitrogens with zero attached hydrogens (tertiary/aromatic N) is 1. The maximum atomic E-state index is 10.4. The van der Waals surface area contributed by atoms with Crippen LogP contribution in [0.2, 0.25) is 0 Å². The average molecular weight is 250 g/mol. The van der Waals surface area contributed by atoms with Crippen LogP contribution in [-0.4, -0.2) is 48.4 Å². The van der Waals surface area contributed by atoms with Gasteiger partial charge < -0.3 is 15.7 Å². The summed E-state index contributed by atoms with van der Waals surface area (Å²) in [7, 11) is 2.10. The minimum atomic E-state index is -1.08. The van der Waals surface area contributed by atoms with Crippen LogP contribution in [0.3, 0.4) is 0 Å². The van der Waals surface area contributed by atoms with Gasteiger partial charge in [0.05, 0.1) is 5.56 Å². The molecular formula is C13H18N2O3. The number of hydrogen-bond acceptors (Lipinski definition) is 4. The first-order chi connectivity index (χ1) is 8.54. The van der Waals surface area contributed by atoms with Gasteiger partial charge in [0.15, 0.2) is 6.29 Å². The van der Waals surface area contributed by atoms with Gasteiger partial charge in [-0.05, 0) is 26.1 Å². The summed E-state index contributed by atoms with van der Waals surface area (Å²) in [6.45, 7) is 2.27. The number of nitrogens with two attached hydrogens (primary N) is 1. The third-order valence-electron chi connectivity index (χ3n) is 2.75. The molecule has 1 aliphatic heterocycles. The van der Waals surface area contributed by atoms with Crippen LogP contribution in [-0.2, 0) is 0 Å². The number of carboxylic acid groups (broad SMARTS) is 1. The highest BCUT2D eigenvalue weighted by molar-refractivity contribution is 5.96. The van der Waals surface area contributed by atoms with Gasteiger partial charge in [-0.3, -0.25) is 4.79 Å². The van der Waals surface area contributed by atoms with Crippen molar-refractivity contribution in [1.82, 2.24) is 4.90 Å². The fraction of sp³-hybridized carbons (Fsp3) is 0.385. The van der Waals surface area contributed by atoms with Crippen LogP contribution in [0.25, 0.3) is 0 Å². The number of carbonyl (C=O) groups is 2. The molecule has 1 atom stereocenters. The predicted molar refractivity (Wildman–Crippen MR) is 68.9 cm³/mol. The van der Waals surface area contributed by atoms with Gasteiger partial charge in [-0.25, -0.2) is 4.79 Å². The van der Waals surface area contributed by atoms with Crippen molar-refractivity contribution in [3.63, 3.8) is 0 Å². The Balaban J connectivity index is 0.000000199. The topological polar surface area (TPSA) is 83.6 Å². The zero-order chi connectivity index (χ0) is 13.5. The average Bonchev–Trinajstić information content (AvgIpc) is 2.73. The molecule has 0 radical (unpaired) electrons. The van der Waals surface area contributed by atoms with E-state index in [2.05, 4.69) is 11.9 Å². The van der Waals surface area contributed by atoms with Gasteiger partial charge >= 0.3 is 5.97 Å². The van der Waals surface area contributed by atoms with E-state index < -0.39 is 5.97 Å². The standard InChI is InChI=1S/C8H6O3.C5H12N2/c9-5-6-3-1-2-4-7(6)8(10)11;1-7-3-2-5(6)4-7/h1-5H,(H,10,11);5H,2-4,6H2,1H3. The summed E-state index contributed by atoms with van der Waals surface area (Å²) in [5.74, 6) is -1.08. The molecule has 5 nitrogen and oxygen atoms in total. The van der Waals surface area contributed by atoms with Crippen molar-refractivity contribution in [3.8, 4) is 0 Å². The van der Waals surface area contributed by atoms with Crippen molar-refractivity contribution in [2.45, 2.75) is 12.5 Å². The Labute approximate surface area is 106 Å². The van der Waals surface area contributed by atoms with E-state index in [-0.39, 0.29) is 11.1 Å². The Morgan fingerprint density at radius 3 is 2.50 bits per heavy atom. The highest BCUT2D eigenvalue weighted by atomic mass is 16.4. The van der Waals surface area contributed by atoms with Crippen molar-refractivity contribution in [2.24, 2.45) is 5.73 Å². The minimum absolute atomic E-state index is 0.0440. The largest absolute Gasteiger partial charge is 0.478 e. The molecule has 3 N–H and O–H groups in total. The lowest BCUT2D eigenvalue weighted by Gasteiger charge is -2.03. The second-order valence-corrected chi connectivity index (χ2v) is 4.32. The lowest BCUT2D eigenvalue weighted by Crippen LogP contribution is -2.23. The summed E-state index contributed by atoms with van der Waals surface area (Å²) in [5, 5.41) is 8.54. The van der Waals surface area contributed by atoms with E-state index in [0.717, 1.165) is 6.54 Å². The highest BCUT2D eigenvalue weighted by Crippen LogP contribution is 2.05. The molecule has 2 rings (SSSR count). The number of likely N-dealkylation sites (tertiary alicyclic amines) is 1. The zero-order valence-corrected chi connectivity index (χ0v) is 10.4. The van der Waals surface area contributed by atoms with Crippen LogP contribution in [0.4, 0.5) is 0 Å². The number of benzene rings is 1. The fourth-order valence-electron chi connectivity index (χ4n) is 1.76. The highest BCUT2D eigenvalue weighted by Gasteiger charge is 2.13. The van der Waals surface area contributed by atoms with Crippen molar-refractivity contribution < 1.29 is 14.7 Å². The second kappa shape index (κ2) is 6.88. The normalized spacial score (nSPS) is 18.9. The molecule has 1 aliphatic rings. The Kier molecular flexibility index (Phi) is 5.48. The lowest BCUT2D eigenvalue weighted by molar-refractivity contribution is 0.0694. The first-order valence-electron chi connectivity index (χ1n) is 5.76. The maximum Gasteiger partial charge on any atom is 0.336 e. The van der Waals surface area contributed by atoms with Crippen LogP contribution >= 0.6 is 0 Å². The molecule has 1 unspecified atom stereocenters. The number of likely N-dealkylation sites (N-methyl/N-ethyl adjacent to an activating group) is 1. The van der Waals surface area contributed by atoms with E-state index in [1.54, 1.807) is 12.1 Å². The number of carboxylic acids is 1. The molecule has 1 aromatic carbocycles. The first kappa shape index (κ1) is 14.3. The molecule has 0 bridgehead atoms. The summed E-state index contributed by atoms with van der Waals surface area (Å²) < 4.78 is 0. The van der Waals surface area contributed by atoms with E-state index in [0.29, 0.717) is 12.3 Å². The van der Waals surface area contributed by atoms with Gasteiger partial charge in [0.1, 0.15) is 0 Å². The number of hydrogen-bond donors (Lipinski definition) is 2. The summed E-state index contributed by atoms with van der Waals surface area (Å²) in [4.78, 5) is 22.9. The molecule has 1 fully saturated rings. The van der Waals surface area contributed by atoms with Crippen LogP contribution in [0.1, 0.15) is 27.1 Å². The summed E-state index contributed by atoms with van der Waals surface area (Å²) in [6, 6.07) is 6.51. The maximum absolute atomic E-state index is 10.4. The van der Waals surface area contributed by atoms with Crippen molar-refractivity contribution in [1.29, 1.82) is 0 Å². The minimum Gasteiger partial charge on any atom is -0.478 e. The molecule has 0 saturated carbocycles. The Morgan fingerprint density at radius 1 is 1.50 bits per heavy atom. The summed E-state index contributed by atoms with van der Waals surface area (Å²) in [6.07, 6.45) is 1.71. The second-order valence-electron chi connectivity index (χ2n) is 4.32.